The van der Waals surface area contributed by atoms with E-state index in [1.54, 1.807) is 93.1 Å². The number of aromatic nitrogens is 3. The van der Waals surface area contributed by atoms with Crippen LogP contribution < -0.4 is 10.1 Å². The molecule has 520 valence electrons. The molecule has 22 heteroatoms. The van der Waals surface area contributed by atoms with Gasteiger partial charge in [0.25, 0.3) is 11.8 Å². The van der Waals surface area contributed by atoms with E-state index in [-0.39, 0.29) is 73.9 Å². The van der Waals surface area contributed by atoms with Crippen LogP contribution in [0.2, 0.25) is 0 Å². The maximum absolute atomic E-state index is 13.6. The molecular formula is C79H77F3N8O11. The second kappa shape index (κ2) is 28.0. The van der Waals surface area contributed by atoms with Gasteiger partial charge in [-0.1, -0.05) is 103 Å². The van der Waals surface area contributed by atoms with Gasteiger partial charge in [0.1, 0.15) is 47.9 Å². The molecule has 15 rings (SSSR count). The maximum atomic E-state index is 13.6. The molecule has 10 aromatic rings. The topological polar surface area (TPSA) is 218 Å². The molecule has 19 nitrogen and oxygen atoms in total. The first-order valence-corrected chi connectivity index (χ1v) is 33.7. The highest BCUT2D eigenvalue weighted by molar-refractivity contribution is 6.06. The molecule has 8 heterocycles. The van der Waals surface area contributed by atoms with Crippen LogP contribution in [0.4, 0.5) is 22.8 Å². The molecule has 3 aromatic heterocycles. The van der Waals surface area contributed by atoms with Crippen molar-refractivity contribution in [3.63, 3.8) is 0 Å². The number of rotatable bonds is 18. The number of nitrogens with zero attached hydrogens (tertiary/aromatic N) is 7. The van der Waals surface area contributed by atoms with Gasteiger partial charge in [0.2, 0.25) is 0 Å². The summed E-state index contributed by atoms with van der Waals surface area (Å²) in [6, 6.07) is 48.1. The van der Waals surface area contributed by atoms with Gasteiger partial charge in [-0.05, 0) is 146 Å². The minimum Gasteiger partial charge on any atom is -0.497 e. The van der Waals surface area contributed by atoms with E-state index in [1.807, 2.05) is 84.9 Å². The van der Waals surface area contributed by atoms with E-state index >= 15 is 0 Å². The predicted octanol–water partition coefficient (Wildman–Crippen LogP) is 12.6. The Bertz CT molecular complexity index is 4870. The number of halogens is 3. The van der Waals surface area contributed by atoms with Crippen molar-refractivity contribution in [2.24, 2.45) is 10.8 Å². The summed E-state index contributed by atoms with van der Waals surface area (Å²) in [5.41, 5.74) is 11.2. The molecule has 5 aliphatic heterocycles. The summed E-state index contributed by atoms with van der Waals surface area (Å²) in [5, 5.41) is 25.0. The normalized spacial score (nSPS) is 17.0. The number of carbonyl (C=O) groups excluding carboxylic acids is 5. The first kappa shape index (κ1) is 68.5. The largest absolute Gasteiger partial charge is 0.497 e. The number of carboxylic acids is 2. The van der Waals surface area contributed by atoms with Crippen LogP contribution in [0.5, 0.6) is 5.75 Å². The van der Waals surface area contributed by atoms with Crippen LogP contribution in [-0.4, -0.2) is 124 Å². The highest BCUT2D eigenvalue weighted by Gasteiger charge is 2.51. The number of aliphatic carboxylic acids is 2. The average Bonchev–Trinajstić information content (AvgIpc) is 1.58. The molecular weight excluding hydrogens is 1290 g/mol. The van der Waals surface area contributed by atoms with E-state index in [0.717, 1.165) is 94.5 Å². The lowest BCUT2D eigenvalue weighted by atomic mass is 9.89. The molecule has 0 radical (unpaired) electrons. The fourth-order valence-electron chi connectivity index (χ4n) is 14.4. The molecule has 5 aliphatic rings. The number of urea groups is 2. The van der Waals surface area contributed by atoms with Gasteiger partial charge in [-0.15, -0.1) is 0 Å². The lowest BCUT2D eigenvalue weighted by Gasteiger charge is -2.28. The SMILES string of the molecule is CC(C)(CCN1C(=O)[C@@H]2Cc3c(n(Cc4ccc(F)cc4)c4ccccc34)CN2C1=O)C(=O)O.COc1ccc(COC(=O)C(C)(C)CCN2C(=O)[C@@H]3Cc4c(n(Cc5ccc(F)cc5)c5ccccc45)CN3C2=O)cc1.O=C(O)[C@@H]1Cc2c(n(Cc3ccc(F)cc3)c3ccccc23)CN1. The fourth-order valence-corrected chi connectivity index (χ4v) is 14.4. The van der Waals surface area contributed by atoms with Crippen molar-refractivity contribution >= 4 is 74.5 Å². The van der Waals surface area contributed by atoms with Gasteiger partial charge in [0.15, 0.2) is 0 Å². The number of hydrogen-bond donors (Lipinski definition) is 3. The van der Waals surface area contributed by atoms with Crippen LogP contribution >= 0.6 is 0 Å². The van der Waals surface area contributed by atoms with E-state index in [0.29, 0.717) is 58.5 Å². The predicted molar refractivity (Wildman–Crippen MR) is 372 cm³/mol. The number of carboxylic acid groups (broad SMARTS) is 2. The van der Waals surface area contributed by atoms with Gasteiger partial charge in [-0.25, -0.2) is 22.8 Å². The van der Waals surface area contributed by atoms with Gasteiger partial charge >= 0.3 is 30.0 Å². The van der Waals surface area contributed by atoms with Crippen LogP contribution in [0.3, 0.4) is 0 Å². The summed E-state index contributed by atoms with van der Waals surface area (Å²) in [6.45, 7) is 9.81. The van der Waals surface area contributed by atoms with Crippen molar-refractivity contribution in [2.45, 2.75) is 124 Å². The highest BCUT2D eigenvalue weighted by Crippen LogP contribution is 2.41. The van der Waals surface area contributed by atoms with E-state index in [9.17, 15) is 56.9 Å². The van der Waals surface area contributed by atoms with E-state index in [2.05, 4.69) is 19.0 Å². The molecule has 0 bridgehead atoms. The second-order valence-electron chi connectivity index (χ2n) is 27.7. The van der Waals surface area contributed by atoms with E-state index in [4.69, 9.17) is 9.47 Å². The molecule has 7 aromatic carbocycles. The zero-order chi connectivity index (χ0) is 71.2. The standard InChI is InChI=1S/C34H34FN3O5.C26H26FN3O4.C19H17FN2O2/c1-34(2,32(40)43-21-23-10-14-25(42-3)15-11-23)16-17-36-31(39)29-18-27-26-6-4-5-7-28(26)37(30(27)20-38(29)33(36)41)19-22-8-12-24(35)13-9-22;1-26(2,24(32)33)11-12-28-23(31)21-13-19-18-5-3-4-6-20(18)29(22(19)15-30(21)25(28)34)14-16-7-9-17(27)10-8-16;20-13-7-5-12(6-8-13)11-22-17-4-2-1-3-14(17)15-9-16(19(23)24)21-10-18(15)22/h4-15,29H,16-21H2,1-3H3;3-10,21H,11-15H2,1-2H3,(H,32,33);1-8,16,21H,9-11H2,(H,23,24)/t29-;21-;16-/m000/s1. The summed E-state index contributed by atoms with van der Waals surface area (Å²) >= 11 is 0. The number of hydrogen-bond acceptors (Lipinski definition) is 10. The number of nitrogens with one attached hydrogen (secondary N) is 1. The van der Waals surface area contributed by atoms with Gasteiger partial charge in [0, 0.05) is 108 Å². The number of ether oxygens (including phenoxy) is 2. The molecule has 0 unspecified atom stereocenters. The van der Waals surface area contributed by atoms with E-state index < -0.39 is 46.9 Å². The fraction of sp³-hybridized carbons (Fsp3) is 0.304. The lowest BCUT2D eigenvalue weighted by molar-refractivity contribution is -0.156. The van der Waals surface area contributed by atoms with Gasteiger partial charge < -0.3 is 43.2 Å². The Morgan fingerprint density at radius 3 is 1.27 bits per heavy atom. The van der Waals surface area contributed by atoms with Crippen LogP contribution in [0.25, 0.3) is 32.7 Å². The third-order valence-corrected chi connectivity index (χ3v) is 20.4. The van der Waals surface area contributed by atoms with Crippen molar-refractivity contribution in [3.8, 4) is 5.75 Å². The molecule has 3 atom stereocenters. The number of amides is 6. The molecule has 3 N–H and O–H groups in total. The summed E-state index contributed by atoms with van der Waals surface area (Å²) in [6.07, 6.45) is 1.77. The Balaban J connectivity index is 0.000000141. The average molecular weight is 1370 g/mol. The molecule has 0 aliphatic carbocycles. The molecule has 2 saturated heterocycles. The zero-order valence-electron chi connectivity index (χ0n) is 56.6. The molecule has 101 heavy (non-hydrogen) atoms. The van der Waals surface area contributed by atoms with Crippen molar-refractivity contribution < 1.29 is 66.4 Å². The summed E-state index contributed by atoms with van der Waals surface area (Å²) in [4.78, 5) is 95.0. The Kier molecular flexibility index (Phi) is 19.0. The molecule has 0 spiro atoms. The van der Waals surface area contributed by atoms with Crippen molar-refractivity contribution in [3.05, 3.63) is 243 Å². The number of para-hydroxylation sites is 3. The highest BCUT2D eigenvalue weighted by atomic mass is 19.1. The number of imide groups is 2. The molecule has 2 fully saturated rings. The van der Waals surface area contributed by atoms with Gasteiger partial charge in [-0.3, -0.25) is 39.1 Å². The van der Waals surface area contributed by atoms with Crippen LogP contribution in [0, 0.1) is 28.3 Å². The zero-order valence-corrected chi connectivity index (χ0v) is 56.6. The third kappa shape index (κ3) is 13.7. The first-order valence-electron chi connectivity index (χ1n) is 33.7. The first-order chi connectivity index (χ1) is 48.5. The van der Waals surface area contributed by atoms with Crippen molar-refractivity contribution in [2.75, 3.05) is 20.2 Å². The Morgan fingerprint density at radius 2 is 0.871 bits per heavy atom. The minimum absolute atomic E-state index is 0.0739. The number of esters is 1. The third-order valence-electron chi connectivity index (χ3n) is 20.4. The monoisotopic (exact) mass is 1370 g/mol. The number of benzene rings is 7. The summed E-state index contributed by atoms with van der Waals surface area (Å²) in [5.74, 6) is -2.80. The van der Waals surface area contributed by atoms with E-state index in [1.165, 1.54) is 46.2 Å². The quantitative estimate of drug-likeness (QED) is 0.0540. The Hall–Kier alpha value is -11.0. The molecule has 0 saturated carbocycles. The minimum atomic E-state index is -1.03. The Labute approximate surface area is 580 Å². The number of carbonyl (C=O) groups is 7. The lowest BCUT2D eigenvalue weighted by Crippen LogP contribution is -2.42. The summed E-state index contributed by atoms with van der Waals surface area (Å²) < 4.78 is 57.3. The smallest absolute Gasteiger partial charge is 0.327 e. The van der Waals surface area contributed by atoms with Crippen molar-refractivity contribution in [1.29, 1.82) is 0 Å². The van der Waals surface area contributed by atoms with Crippen LogP contribution in [0.15, 0.2) is 170 Å². The number of fused-ring (bicyclic) bond motifs is 11. The maximum Gasteiger partial charge on any atom is 0.327 e. The number of methoxy groups -OCH3 is 1. The molecule has 6 amide bonds. The van der Waals surface area contributed by atoms with Crippen LogP contribution in [0.1, 0.15) is 96.6 Å². The van der Waals surface area contributed by atoms with Crippen LogP contribution in [-0.2, 0) is 93.8 Å². The Morgan fingerprint density at radius 1 is 0.495 bits per heavy atom. The van der Waals surface area contributed by atoms with Gasteiger partial charge in [-0.2, -0.15) is 0 Å². The van der Waals surface area contributed by atoms with Crippen molar-refractivity contribution in [1.82, 2.24) is 38.6 Å². The van der Waals surface area contributed by atoms with Gasteiger partial charge in [0.05, 0.1) is 31.0 Å². The summed E-state index contributed by atoms with van der Waals surface area (Å²) in [7, 11) is 1.59. The second-order valence-corrected chi connectivity index (χ2v) is 27.7.